The topological polar surface area (TPSA) is 396 Å². The molecule has 0 bridgehead atoms. The van der Waals surface area contributed by atoms with Crippen molar-refractivity contribution in [3.05, 3.63) is 11.6 Å². The van der Waals surface area contributed by atoms with Crippen molar-refractivity contribution in [1.82, 2.24) is 47.0 Å². The Labute approximate surface area is 508 Å². The van der Waals surface area contributed by atoms with E-state index in [2.05, 4.69) is 87.7 Å². The normalized spacial score (nSPS) is 28.5. The number of carbonyl (C=O) groups is 4. The molecule has 0 radical (unpaired) electrons. The fourth-order valence-electron chi connectivity index (χ4n) is 16.0. The van der Waals surface area contributed by atoms with Gasteiger partial charge in [-0.25, -0.2) is 4.79 Å². The molecule has 0 saturated heterocycles. The van der Waals surface area contributed by atoms with E-state index in [4.69, 9.17) is 55.4 Å². The average Bonchev–Trinajstić information content (AvgIpc) is 1.55. The second kappa shape index (κ2) is 33.4. The van der Waals surface area contributed by atoms with Crippen molar-refractivity contribution < 1.29 is 23.9 Å². The summed E-state index contributed by atoms with van der Waals surface area (Å²) < 4.78 is 6.18. The van der Waals surface area contributed by atoms with E-state index >= 15 is 0 Å². The SMILES string of the molecule is CC(C)CCCC(C)C1CCC2C3CC=C4CC(OC(=O)NCCCN(CCCNC(=O)C(N)CCCNC(=N)N)CCCN(CCCNC(=O)C(N)CCCNC(=N)N)CCCNC(=O)C(N)C5C6C(NC(=N)N)C56)CCC4(C)C3CCC12C. The molecule has 6 rings (SSSR count). The van der Waals surface area contributed by atoms with Gasteiger partial charge < -0.3 is 86.2 Å². The minimum atomic E-state index is -0.667. The zero-order chi connectivity index (χ0) is 61.8. The monoisotopic (exact) mass is 1190 g/mol. The van der Waals surface area contributed by atoms with Crippen molar-refractivity contribution in [1.29, 1.82) is 16.2 Å². The van der Waals surface area contributed by atoms with Gasteiger partial charge >= 0.3 is 6.09 Å². The Morgan fingerprint density at radius 3 is 1.65 bits per heavy atom. The van der Waals surface area contributed by atoms with Crippen LogP contribution in [0.1, 0.15) is 163 Å². The van der Waals surface area contributed by atoms with E-state index in [1.165, 1.54) is 56.9 Å². The van der Waals surface area contributed by atoms with Crippen molar-refractivity contribution in [2.75, 3.05) is 78.5 Å². The van der Waals surface area contributed by atoms with Crippen LogP contribution in [-0.4, -0.2) is 160 Å². The Kier molecular flexibility index (Phi) is 27.2. The summed E-state index contributed by atoms with van der Waals surface area (Å²) in [6.07, 6.45) is 21.3. The first-order valence-electron chi connectivity index (χ1n) is 33.0. The highest BCUT2D eigenvalue weighted by molar-refractivity contribution is 5.84. The molecule has 6 aliphatic carbocycles. The third-order valence-corrected chi connectivity index (χ3v) is 20.9. The summed E-state index contributed by atoms with van der Waals surface area (Å²) in [5, 5.41) is 42.7. The van der Waals surface area contributed by atoms with Crippen LogP contribution < -0.4 is 71.6 Å². The molecule has 0 heterocycles. The lowest BCUT2D eigenvalue weighted by Crippen LogP contribution is -2.51. The molecule has 0 spiro atoms. The molecule has 13 unspecified atom stereocenters. The first kappa shape index (κ1) is 69.1. The molecule has 484 valence electrons. The maximum atomic E-state index is 13.5. The summed E-state index contributed by atoms with van der Waals surface area (Å²) in [6, 6.07) is -1.79. The van der Waals surface area contributed by atoms with Gasteiger partial charge in [0.15, 0.2) is 17.9 Å². The number of rotatable bonds is 39. The van der Waals surface area contributed by atoms with E-state index in [0.717, 1.165) is 81.5 Å². The highest BCUT2D eigenvalue weighted by atomic mass is 16.6. The molecule has 5 saturated carbocycles. The Hall–Kier alpha value is -4.97. The number of allylic oxidation sites excluding steroid dienone is 1. The number of carbonyl (C=O) groups excluding carboxylic acids is 4. The van der Waals surface area contributed by atoms with Crippen LogP contribution in [0.5, 0.6) is 0 Å². The van der Waals surface area contributed by atoms with Gasteiger partial charge in [0.1, 0.15) is 6.10 Å². The fourth-order valence-corrected chi connectivity index (χ4v) is 16.0. The largest absolute Gasteiger partial charge is 0.446 e. The van der Waals surface area contributed by atoms with Crippen LogP contribution in [0.15, 0.2) is 11.6 Å². The first-order valence-corrected chi connectivity index (χ1v) is 33.0. The molecule has 0 aromatic heterocycles. The van der Waals surface area contributed by atoms with Gasteiger partial charge in [-0.05, 0) is 206 Å². The molecule has 23 nitrogen and oxygen atoms in total. The molecule has 23 heteroatoms. The summed E-state index contributed by atoms with van der Waals surface area (Å²) >= 11 is 0. The predicted octanol–water partition coefficient (Wildman–Crippen LogP) is 3.26. The minimum Gasteiger partial charge on any atom is -0.446 e. The molecule has 0 aromatic carbocycles. The number of guanidine groups is 3. The number of ether oxygens (including phenoxy) is 1. The van der Waals surface area contributed by atoms with E-state index in [9.17, 15) is 19.2 Å². The standard InChI is InChI=1S/C62H116N18O5/c1-39(2)14-6-15-40(3)44-20-21-45-43-19-18-41-38-42(22-24-61(41,4)46(43)23-25-62(44,45)5)85-60(84)77-31-12-35-80(33-10-29-73-55(82)48(64)17-8-27-76-58(68)69)37-13-36-79(32-9-28-72-54(81)47(63)16-7-26-75-57(66)67)34-11-30-74-56(83)52(65)49-50-51(49)53(50)78-59(70)71/h18,39-40,42-53H,6-17,19-38,63-65H2,1-5H3,(H,72,81)(H,73,82)(H,74,83)(H,77,84)(H4,66,67,75)(H4,68,69,76)(H4,70,71,78). The van der Waals surface area contributed by atoms with Crippen molar-refractivity contribution in [3.63, 3.8) is 0 Å². The number of alkyl carbamates (subject to hydrolysis) is 1. The second-order valence-electron chi connectivity index (χ2n) is 27.3. The lowest BCUT2D eigenvalue weighted by atomic mass is 9.47. The maximum Gasteiger partial charge on any atom is 0.407 e. The maximum absolute atomic E-state index is 13.5. The zero-order valence-electron chi connectivity index (χ0n) is 52.7. The number of hydrogen-bond acceptors (Lipinski definition) is 13. The molecule has 5 fully saturated rings. The number of nitrogens with zero attached hydrogens (tertiary/aromatic N) is 2. The smallest absolute Gasteiger partial charge is 0.407 e. The molecule has 85 heavy (non-hydrogen) atoms. The lowest BCUT2D eigenvalue weighted by molar-refractivity contribution is -0.123. The van der Waals surface area contributed by atoms with E-state index in [0.29, 0.717) is 127 Å². The van der Waals surface area contributed by atoms with Crippen LogP contribution in [0.4, 0.5) is 4.79 Å². The number of hydrogen-bond donors (Lipinski definition) is 16. The lowest BCUT2D eigenvalue weighted by Gasteiger charge is -2.58. The Bertz CT molecular complexity index is 2210. The minimum absolute atomic E-state index is 0.0639. The van der Waals surface area contributed by atoms with Crippen LogP contribution in [0, 0.1) is 80.3 Å². The van der Waals surface area contributed by atoms with Crippen molar-refractivity contribution in [3.8, 4) is 0 Å². The summed E-state index contributed by atoms with van der Waals surface area (Å²) in [5.74, 6) is 4.49. The summed E-state index contributed by atoms with van der Waals surface area (Å²) in [5.41, 5.74) is 37.1. The molecular weight excluding hydrogens is 1080 g/mol. The van der Waals surface area contributed by atoms with E-state index in [-0.39, 0.29) is 65.2 Å². The summed E-state index contributed by atoms with van der Waals surface area (Å²) in [4.78, 5) is 56.9. The Morgan fingerprint density at radius 1 is 0.600 bits per heavy atom. The van der Waals surface area contributed by atoms with Crippen molar-refractivity contribution in [2.24, 2.45) is 98.5 Å². The van der Waals surface area contributed by atoms with Crippen LogP contribution in [0.25, 0.3) is 0 Å². The molecule has 6 aliphatic rings. The van der Waals surface area contributed by atoms with Gasteiger partial charge in [-0.15, -0.1) is 0 Å². The van der Waals surface area contributed by atoms with Crippen LogP contribution in [-0.2, 0) is 19.1 Å². The van der Waals surface area contributed by atoms with Crippen molar-refractivity contribution >= 4 is 41.7 Å². The van der Waals surface area contributed by atoms with Crippen LogP contribution in [0.2, 0.25) is 0 Å². The molecule has 0 aliphatic heterocycles. The Balaban J connectivity index is 0.974. The average molecular weight is 1190 g/mol. The van der Waals surface area contributed by atoms with E-state index in [1.807, 2.05) is 0 Å². The van der Waals surface area contributed by atoms with Gasteiger partial charge in [-0.3, -0.25) is 30.6 Å². The van der Waals surface area contributed by atoms with Gasteiger partial charge in [-0.1, -0.05) is 65.5 Å². The molecular formula is C62H116N18O5. The van der Waals surface area contributed by atoms with Gasteiger partial charge in [0.2, 0.25) is 17.7 Å². The van der Waals surface area contributed by atoms with Gasteiger partial charge in [0.25, 0.3) is 0 Å². The van der Waals surface area contributed by atoms with E-state index in [1.54, 1.807) is 0 Å². The predicted molar refractivity (Wildman–Crippen MR) is 338 cm³/mol. The van der Waals surface area contributed by atoms with Crippen molar-refractivity contribution in [2.45, 2.75) is 193 Å². The number of nitrogens with one attached hydrogen (secondary N) is 10. The summed E-state index contributed by atoms with van der Waals surface area (Å²) in [7, 11) is 0. The molecule has 4 amide bonds. The highest BCUT2D eigenvalue weighted by Gasteiger charge is 2.76. The number of amides is 4. The highest BCUT2D eigenvalue weighted by Crippen LogP contribution is 2.69. The zero-order valence-corrected chi connectivity index (χ0v) is 52.7. The molecule has 0 aromatic rings. The van der Waals surface area contributed by atoms with Gasteiger partial charge in [0, 0.05) is 51.7 Å². The number of fused-ring (bicyclic) bond motifs is 6. The summed E-state index contributed by atoms with van der Waals surface area (Å²) in [6.45, 7) is 19.6. The van der Waals surface area contributed by atoms with Crippen LogP contribution >= 0.6 is 0 Å². The molecule has 13 atom stereocenters. The van der Waals surface area contributed by atoms with Crippen LogP contribution in [0.3, 0.4) is 0 Å². The Morgan fingerprint density at radius 2 is 1.12 bits per heavy atom. The second-order valence-corrected chi connectivity index (χ2v) is 27.3. The first-order chi connectivity index (χ1) is 40.5. The molecule has 22 N–H and O–H groups in total. The van der Waals surface area contributed by atoms with Gasteiger partial charge in [0.05, 0.1) is 18.1 Å². The van der Waals surface area contributed by atoms with Gasteiger partial charge in [-0.2, -0.15) is 0 Å². The fraction of sp³-hybridized carbons (Fsp3) is 0.855. The third-order valence-electron chi connectivity index (χ3n) is 20.9. The quantitative estimate of drug-likeness (QED) is 0.0182. The van der Waals surface area contributed by atoms with E-state index < -0.39 is 18.1 Å². The number of nitrogens with two attached hydrogens (primary N) is 6. The third kappa shape index (κ3) is 20.6.